The first kappa shape index (κ1) is 18.0. The second-order valence-electron chi connectivity index (χ2n) is 6.55. The first-order chi connectivity index (χ1) is 13.7. The summed E-state index contributed by atoms with van der Waals surface area (Å²) in [6.45, 7) is 0. The van der Waals surface area contributed by atoms with Gasteiger partial charge in [0.15, 0.2) is 0 Å². The third kappa shape index (κ3) is 3.84. The third-order valence-corrected chi connectivity index (χ3v) is 4.70. The molecule has 0 amide bonds. The van der Waals surface area contributed by atoms with Crippen LogP contribution in [0.25, 0.3) is 11.1 Å². The van der Waals surface area contributed by atoms with Gasteiger partial charge in [0.1, 0.15) is 0 Å². The Kier molecular flexibility index (Phi) is 5.24. The zero-order valence-electron chi connectivity index (χ0n) is 15.3. The van der Waals surface area contributed by atoms with Gasteiger partial charge in [0.25, 0.3) is 0 Å². The quantitative estimate of drug-likeness (QED) is 0.512. The predicted molar refractivity (Wildman–Crippen MR) is 116 cm³/mol. The predicted octanol–water partition coefficient (Wildman–Crippen LogP) is 4.50. The van der Waals surface area contributed by atoms with Crippen LogP contribution in [0.4, 0.5) is 17.1 Å². The molecule has 0 aliphatic carbocycles. The van der Waals surface area contributed by atoms with Crippen molar-refractivity contribution in [2.75, 3.05) is 4.90 Å². The molecule has 2 N–H and O–H groups in total. The Bertz CT molecular complexity index is 978. The van der Waals surface area contributed by atoms with Gasteiger partial charge in [-0.1, -0.05) is 72.8 Å². The zero-order valence-corrected chi connectivity index (χ0v) is 15.3. The van der Waals surface area contributed by atoms with E-state index in [1.54, 1.807) is 12.1 Å². The van der Waals surface area contributed by atoms with Crippen LogP contribution in [-0.2, 0) is 0 Å². The number of nitrogens with zero attached hydrogens (tertiary/aromatic N) is 1. The van der Waals surface area contributed by atoms with Crippen LogP contribution in [0.15, 0.2) is 109 Å². The second kappa shape index (κ2) is 8.13. The van der Waals surface area contributed by atoms with E-state index >= 15 is 0 Å². The minimum atomic E-state index is -1.44. The molecule has 0 unspecified atom stereocenters. The maximum Gasteiger partial charge on any atom is 0.488 e. The maximum absolute atomic E-state index is 9.25. The molecular weight excluding hydrogens is 345 g/mol. The number of hydrogen-bond acceptors (Lipinski definition) is 3. The normalized spacial score (nSPS) is 10.5. The summed E-state index contributed by atoms with van der Waals surface area (Å²) in [7, 11) is -1.44. The second-order valence-corrected chi connectivity index (χ2v) is 6.55. The summed E-state index contributed by atoms with van der Waals surface area (Å²) in [6, 6.07) is 36.2. The van der Waals surface area contributed by atoms with Gasteiger partial charge >= 0.3 is 7.12 Å². The Morgan fingerprint density at radius 2 is 0.857 bits per heavy atom. The highest BCUT2D eigenvalue weighted by molar-refractivity contribution is 6.58. The lowest BCUT2D eigenvalue weighted by atomic mass is 9.80. The number of rotatable bonds is 5. The fourth-order valence-corrected chi connectivity index (χ4v) is 3.25. The zero-order chi connectivity index (χ0) is 19.3. The molecule has 0 saturated heterocycles. The van der Waals surface area contributed by atoms with Crippen LogP contribution < -0.4 is 10.4 Å². The molecule has 0 atom stereocenters. The maximum atomic E-state index is 9.25. The number of para-hydroxylation sites is 2. The highest BCUT2D eigenvalue weighted by Gasteiger charge is 2.13. The minimum absolute atomic E-state index is 0.486. The molecule has 4 aromatic carbocycles. The van der Waals surface area contributed by atoms with Gasteiger partial charge in [-0.3, -0.25) is 0 Å². The van der Waals surface area contributed by atoms with Gasteiger partial charge in [0, 0.05) is 17.1 Å². The molecule has 0 spiro atoms. The average Bonchev–Trinajstić information content (AvgIpc) is 2.76. The summed E-state index contributed by atoms with van der Waals surface area (Å²) < 4.78 is 0. The molecule has 4 heteroatoms. The van der Waals surface area contributed by atoms with Crippen LogP contribution in [0.3, 0.4) is 0 Å². The molecule has 0 radical (unpaired) electrons. The first-order valence-electron chi connectivity index (χ1n) is 9.19. The monoisotopic (exact) mass is 365 g/mol. The van der Waals surface area contributed by atoms with Gasteiger partial charge < -0.3 is 14.9 Å². The van der Waals surface area contributed by atoms with Gasteiger partial charge in [-0.25, -0.2) is 0 Å². The van der Waals surface area contributed by atoms with E-state index in [4.69, 9.17) is 0 Å². The van der Waals surface area contributed by atoms with E-state index in [0.29, 0.717) is 5.46 Å². The Labute approximate surface area is 165 Å². The summed E-state index contributed by atoms with van der Waals surface area (Å²) >= 11 is 0. The van der Waals surface area contributed by atoms with Crippen LogP contribution in [0.5, 0.6) is 0 Å². The van der Waals surface area contributed by atoms with Crippen molar-refractivity contribution in [2.24, 2.45) is 0 Å². The van der Waals surface area contributed by atoms with E-state index in [1.165, 1.54) is 0 Å². The average molecular weight is 365 g/mol. The Morgan fingerprint density at radius 1 is 0.464 bits per heavy atom. The van der Waals surface area contributed by atoms with E-state index in [1.807, 2.05) is 48.5 Å². The van der Waals surface area contributed by atoms with Crippen molar-refractivity contribution >= 4 is 29.6 Å². The van der Waals surface area contributed by atoms with Gasteiger partial charge in [0.05, 0.1) is 0 Å². The van der Waals surface area contributed by atoms with Crippen molar-refractivity contribution in [1.29, 1.82) is 0 Å². The van der Waals surface area contributed by atoms with Crippen molar-refractivity contribution in [1.82, 2.24) is 0 Å². The van der Waals surface area contributed by atoms with Gasteiger partial charge in [-0.2, -0.15) is 0 Å². The summed E-state index contributed by atoms with van der Waals surface area (Å²) in [6.07, 6.45) is 0. The fourth-order valence-electron chi connectivity index (χ4n) is 3.25. The van der Waals surface area contributed by atoms with Crippen molar-refractivity contribution in [3.8, 4) is 11.1 Å². The largest absolute Gasteiger partial charge is 0.488 e. The van der Waals surface area contributed by atoms with Crippen LogP contribution >= 0.6 is 0 Å². The lowest BCUT2D eigenvalue weighted by Gasteiger charge is -2.25. The van der Waals surface area contributed by atoms with Crippen LogP contribution in [0.1, 0.15) is 0 Å². The van der Waals surface area contributed by atoms with Crippen LogP contribution in [0.2, 0.25) is 0 Å². The van der Waals surface area contributed by atoms with Gasteiger partial charge in [0.2, 0.25) is 0 Å². The highest BCUT2D eigenvalue weighted by Crippen LogP contribution is 2.35. The Hall–Kier alpha value is -3.34. The summed E-state index contributed by atoms with van der Waals surface area (Å²) in [5.74, 6) is 0. The molecule has 0 heterocycles. The molecule has 3 nitrogen and oxygen atoms in total. The topological polar surface area (TPSA) is 43.7 Å². The van der Waals surface area contributed by atoms with E-state index in [2.05, 4.69) is 53.4 Å². The minimum Gasteiger partial charge on any atom is -0.423 e. The standard InChI is InChI=1S/C24H20BNO2/c27-25(28)21-15-11-19(12-16-21)20-13-17-24(18-14-20)26(22-7-3-1-4-8-22)23-9-5-2-6-10-23/h1-18,27-28H. The van der Waals surface area contributed by atoms with Crippen molar-refractivity contribution < 1.29 is 10.0 Å². The molecule has 0 aliphatic rings. The number of anilines is 3. The lowest BCUT2D eigenvalue weighted by Crippen LogP contribution is -2.29. The molecule has 0 saturated carbocycles. The van der Waals surface area contributed by atoms with E-state index in [-0.39, 0.29) is 0 Å². The third-order valence-electron chi connectivity index (χ3n) is 4.70. The molecule has 0 bridgehead atoms. The molecular formula is C24H20BNO2. The lowest BCUT2D eigenvalue weighted by molar-refractivity contribution is 0.426. The van der Waals surface area contributed by atoms with Crippen LogP contribution in [-0.4, -0.2) is 17.2 Å². The molecule has 0 fully saturated rings. The summed E-state index contributed by atoms with van der Waals surface area (Å²) in [5.41, 5.74) is 5.86. The van der Waals surface area contributed by atoms with Crippen LogP contribution in [0, 0.1) is 0 Å². The van der Waals surface area contributed by atoms with Gasteiger partial charge in [-0.05, 0) is 53.0 Å². The molecule has 4 rings (SSSR count). The Morgan fingerprint density at radius 3 is 1.29 bits per heavy atom. The number of hydrogen-bond donors (Lipinski definition) is 2. The van der Waals surface area contributed by atoms with E-state index < -0.39 is 7.12 Å². The summed E-state index contributed by atoms with van der Waals surface area (Å²) in [4.78, 5) is 2.22. The molecule has 136 valence electrons. The van der Waals surface area contributed by atoms with E-state index in [0.717, 1.165) is 28.2 Å². The van der Waals surface area contributed by atoms with Gasteiger partial charge in [-0.15, -0.1) is 0 Å². The molecule has 0 aliphatic heterocycles. The summed E-state index contributed by atoms with van der Waals surface area (Å²) in [5, 5.41) is 18.5. The molecule has 0 aromatic heterocycles. The van der Waals surface area contributed by atoms with Crippen molar-refractivity contribution in [2.45, 2.75) is 0 Å². The first-order valence-corrected chi connectivity index (χ1v) is 9.19. The smallest absolute Gasteiger partial charge is 0.423 e. The molecule has 28 heavy (non-hydrogen) atoms. The molecule has 4 aromatic rings. The van der Waals surface area contributed by atoms with E-state index in [9.17, 15) is 10.0 Å². The fraction of sp³-hybridized carbons (Fsp3) is 0. The highest BCUT2D eigenvalue weighted by atomic mass is 16.4. The SMILES string of the molecule is OB(O)c1ccc(-c2ccc(N(c3ccccc3)c3ccccc3)cc2)cc1. The Balaban J connectivity index is 1.69. The van der Waals surface area contributed by atoms with Crippen molar-refractivity contribution in [3.05, 3.63) is 109 Å². The number of benzene rings is 4. The van der Waals surface area contributed by atoms with Crippen molar-refractivity contribution in [3.63, 3.8) is 0 Å².